The molecule has 4 nitrogen and oxygen atoms in total. The second-order valence-corrected chi connectivity index (χ2v) is 6.75. The van der Waals surface area contributed by atoms with Crippen LogP contribution in [0.1, 0.15) is 16.7 Å². The number of rotatable bonds is 3. The Labute approximate surface area is 123 Å². The molecule has 0 radical (unpaired) electrons. The van der Waals surface area contributed by atoms with Crippen LogP contribution < -0.4 is 4.72 Å². The number of aryl methyl sites for hydroxylation is 3. The minimum Gasteiger partial charge on any atom is -0.263 e. The molecule has 1 N–H and O–H groups in total. The van der Waals surface area contributed by atoms with Gasteiger partial charge in [0.15, 0.2) is 0 Å². The summed E-state index contributed by atoms with van der Waals surface area (Å²) in [7, 11) is -3.67. The summed E-state index contributed by atoms with van der Waals surface area (Å²) in [6.07, 6.45) is 1.61. The van der Waals surface area contributed by atoms with Gasteiger partial charge in [-0.15, -0.1) is 0 Å². The molecule has 1 aromatic heterocycles. The second kappa shape index (κ2) is 5.42. The third-order valence-electron chi connectivity index (χ3n) is 2.90. The number of sulfonamides is 1. The van der Waals surface area contributed by atoms with E-state index in [9.17, 15) is 8.42 Å². The Bertz CT molecular complexity index is 741. The summed E-state index contributed by atoms with van der Waals surface area (Å²) >= 11 is 5.99. The Morgan fingerprint density at radius 3 is 2.40 bits per heavy atom. The molecule has 0 aliphatic heterocycles. The maximum Gasteiger partial charge on any atom is 0.263 e. The zero-order valence-electron chi connectivity index (χ0n) is 11.4. The third kappa shape index (κ3) is 3.11. The molecule has 0 fully saturated rings. The van der Waals surface area contributed by atoms with Crippen LogP contribution in [0.4, 0.5) is 5.82 Å². The van der Waals surface area contributed by atoms with E-state index >= 15 is 0 Å². The van der Waals surface area contributed by atoms with E-state index in [2.05, 4.69) is 9.71 Å². The van der Waals surface area contributed by atoms with Crippen molar-refractivity contribution in [1.29, 1.82) is 0 Å². The molecule has 0 atom stereocenters. The molecule has 0 aliphatic carbocycles. The van der Waals surface area contributed by atoms with Crippen LogP contribution >= 0.6 is 11.6 Å². The Kier molecular flexibility index (Phi) is 4.01. The molecule has 0 saturated heterocycles. The number of benzene rings is 1. The molecular formula is C14H15ClN2O2S. The molecule has 6 heteroatoms. The largest absolute Gasteiger partial charge is 0.263 e. The van der Waals surface area contributed by atoms with E-state index in [4.69, 9.17) is 11.6 Å². The van der Waals surface area contributed by atoms with Crippen molar-refractivity contribution in [2.45, 2.75) is 25.7 Å². The smallest absolute Gasteiger partial charge is 0.263 e. The lowest BCUT2D eigenvalue weighted by Crippen LogP contribution is -2.15. The molecule has 106 valence electrons. The quantitative estimate of drug-likeness (QED) is 0.944. The first-order chi connectivity index (χ1) is 9.29. The number of nitrogens with one attached hydrogen (secondary N) is 1. The van der Waals surface area contributed by atoms with Gasteiger partial charge in [-0.25, -0.2) is 13.4 Å². The minimum absolute atomic E-state index is 0.210. The van der Waals surface area contributed by atoms with E-state index < -0.39 is 10.0 Å². The third-order valence-corrected chi connectivity index (χ3v) is 4.80. The van der Waals surface area contributed by atoms with Crippen LogP contribution in [-0.2, 0) is 10.0 Å². The summed E-state index contributed by atoms with van der Waals surface area (Å²) < 4.78 is 27.2. The fourth-order valence-corrected chi connectivity index (χ4v) is 3.30. The molecule has 0 unspecified atom stereocenters. The topological polar surface area (TPSA) is 59.1 Å². The SMILES string of the molecule is Cc1ccc(NS(=O)(=O)c2cc(C)c(Cl)cc2C)nc1. The summed E-state index contributed by atoms with van der Waals surface area (Å²) in [5, 5.41) is 0.551. The van der Waals surface area contributed by atoms with Gasteiger partial charge in [0.25, 0.3) is 10.0 Å². The molecule has 20 heavy (non-hydrogen) atoms. The maximum absolute atomic E-state index is 12.4. The second-order valence-electron chi connectivity index (χ2n) is 4.69. The monoisotopic (exact) mass is 310 g/mol. The van der Waals surface area contributed by atoms with E-state index in [1.807, 2.05) is 6.92 Å². The number of nitrogens with zero attached hydrogens (tertiary/aromatic N) is 1. The fraction of sp³-hybridized carbons (Fsp3) is 0.214. The van der Waals surface area contributed by atoms with Gasteiger partial charge in [-0.2, -0.15) is 0 Å². The van der Waals surface area contributed by atoms with Crippen molar-refractivity contribution < 1.29 is 8.42 Å². The number of anilines is 1. The zero-order valence-corrected chi connectivity index (χ0v) is 13.0. The van der Waals surface area contributed by atoms with Crippen LogP contribution in [0, 0.1) is 20.8 Å². The summed E-state index contributed by atoms with van der Waals surface area (Å²) in [4.78, 5) is 4.25. The van der Waals surface area contributed by atoms with Crippen LogP contribution in [0.15, 0.2) is 35.4 Å². The van der Waals surface area contributed by atoms with Crippen molar-refractivity contribution in [2.24, 2.45) is 0 Å². The van der Waals surface area contributed by atoms with E-state index in [-0.39, 0.29) is 4.90 Å². The van der Waals surface area contributed by atoms with Gasteiger partial charge in [-0.1, -0.05) is 17.7 Å². The van der Waals surface area contributed by atoms with Crippen molar-refractivity contribution in [3.05, 3.63) is 52.2 Å². The fourth-order valence-electron chi connectivity index (χ4n) is 1.76. The lowest BCUT2D eigenvalue weighted by atomic mass is 10.2. The molecule has 1 aromatic carbocycles. The summed E-state index contributed by atoms with van der Waals surface area (Å²) in [5.74, 6) is 0.294. The molecule has 0 saturated carbocycles. The summed E-state index contributed by atoms with van der Waals surface area (Å²) in [5.41, 5.74) is 2.28. The Morgan fingerprint density at radius 2 is 1.80 bits per heavy atom. The number of hydrogen-bond acceptors (Lipinski definition) is 3. The zero-order chi connectivity index (χ0) is 14.9. The van der Waals surface area contributed by atoms with E-state index in [0.717, 1.165) is 11.1 Å². The highest BCUT2D eigenvalue weighted by Crippen LogP contribution is 2.25. The Balaban J connectivity index is 2.40. The van der Waals surface area contributed by atoms with Gasteiger partial charge in [-0.05, 0) is 55.7 Å². The highest BCUT2D eigenvalue weighted by Gasteiger charge is 2.18. The maximum atomic E-state index is 12.4. The first-order valence-electron chi connectivity index (χ1n) is 6.02. The van der Waals surface area contributed by atoms with Crippen LogP contribution in [0.5, 0.6) is 0 Å². The standard InChI is InChI=1S/C14H15ClN2O2S/c1-9-4-5-14(16-8-9)17-20(18,19)13-7-10(2)12(15)6-11(13)3/h4-8H,1-3H3,(H,16,17). The lowest BCUT2D eigenvalue weighted by Gasteiger charge is -2.11. The molecule has 0 bridgehead atoms. The van der Waals surface area contributed by atoms with Crippen molar-refractivity contribution in [1.82, 2.24) is 4.98 Å². The van der Waals surface area contributed by atoms with Crippen LogP contribution in [-0.4, -0.2) is 13.4 Å². The number of pyridine rings is 1. The lowest BCUT2D eigenvalue weighted by molar-refractivity contribution is 0.600. The van der Waals surface area contributed by atoms with Crippen molar-refractivity contribution in [3.63, 3.8) is 0 Å². The number of halogens is 1. The Morgan fingerprint density at radius 1 is 1.10 bits per heavy atom. The van der Waals surface area contributed by atoms with Gasteiger partial charge in [0.2, 0.25) is 0 Å². The van der Waals surface area contributed by atoms with Crippen LogP contribution in [0.25, 0.3) is 0 Å². The molecule has 0 spiro atoms. The predicted octanol–water partition coefficient (Wildman–Crippen LogP) is 3.46. The van der Waals surface area contributed by atoms with Crippen LogP contribution in [0.2, 0.25) is 5.02 Å². The van der Waals surface area contributed by atoms with Gasteiger partial charge >= 0.3 is 0 Å². The number of aromatic nitrogens is 1. The highest BCUT2D eigenvalue weighted by molar-refractivity contribution is 7.92. The molecule has 2 rings (SSSR count). The first-order valence-corrected chi connectivity index (χ1v) is 7.88. The van der Waals surface area contributed by atoms with Gasteiger partial charge < -0.3 is 0 Å². The first kappa shape index (κ1) is 14.8. The van der Waals surface area contributed by atoms with E-state index in [0.29, 0.717) is 16.4 Å². The minimum atomic E-state index is -3.67. The normalized spacial score (nSPS) is 11.4. The summed E-state index contributed by atoms with van der Waals surface area (Å²) in [6, 6.07) is 6.64. The van der Waals surface area contributed by atoms with E-state index in [1.165, 1.54) is 0 Å². The molecule has 1 heterocycles. The van der Waals surface area contributed by atoms with Crippen molar-refractivity contribution >= 4 is 27.4 Å². The molecule has 0 aliphatic rings. The molecule has 2 aromatic rings. The van der Waals surface area contributed by atoms with Crippen molar-refractivity contribution in [2.75, 3.05) is 4.72 Å². The van der Waals surface area contributed by atoms with Crippen LogP contribution in [0.3, 0.4) is 0 Å². The summed E-state index contributed by atoms with van der Waals surface area (Å²) in [6.45, 7) is 5.37. The van der Waals surface area contributed by atoms with Gasteiger partial charge in [0.1, 0.15) is 5.82 Å². The van der Waals surface area contributed by atoms with Gasteiger partial charge in [0.05, 0.1) is 4.90 Å². The van der Waals surface area contributed by atoms with Gasteiger partial charge in [0, 0.05) is 11.2 Å². The molecule has 0 amide bonds. The average molecular weight is 311 g/mol. The van der Waals surface area contributed by atoms with Gasteiger partial charge in [-0.3, -0.25) is 4.72 Å². The number of hydrogen-bond donors (Lipinski definition) is 1. The average Bonchev–Trinajstić information content (AvgIpc) is 2.36. The molecular weight excluding hydrogens is 296 g/mol. The predicted molar refractivity (Wildman–Crippen MR) is 80.7 cm³/mol. The van der Waals surface area contributed by atoms with Crippen molar-refractivity contribution in [3.8, 4) is 0 Å². The highest BCUT2D eigenvalue weighted by atomic mass is 35.5. The Hall–Kier alpha value is -1.59. The van der Waals surface area contributed by atoms with E-state index in [1.54, 1.807) is 44.3 Å².